The SMILES string of the molecule is CCn1nc(C)cc1C(=O)Nc1nc2cc(C(N)=O)cnc2n1C/C=C/Cn1c(NC(=O)c2c(N)c(C)nn2CC)nc2cc(C(N)=O)cc(OCCCN3C4CCC3COC4)c21. The van der Waals surface area contributed by atoms with Gasteiger partial charge in [-0.2, -0.15) is 10.2 Å². The van der Waals surface area contributed by atoms with Crippen molar-refractivity contribution in [2.75, 3.05) is 42.7 Å². The molecule has 2 unspecified atom stereocenters. The molecule has 330 valence electrons. The summed E-state index contributed by atoms with van der Waals surface area (Å²) in [6, 6.07) is 7.16. The third-order valence-electron chi connectivity index (χ3n) is 11.5. The van der Waals surface area contributed by atoms with Crippen LogP contribution in [-0.4, -0.2) is 111 Å². The summed E-state index contributed by atoms with van der Waals surface area (Å²) in [5.74, 6) is -1.60. The Hall–Kier alpha value is -7.13. The molecule has 0 spiro atoms. The van der Waals surface area contributed by atoms with E-state index in [-0.39, 0.29) is 47.5 Å². The molecule has 6 aromatic rings. The highest BCUT2D eigenvalue weighted by molar-refractivity contribution is 6.07. The van der Waals surface area contributed by atoms with Crippen molar-refractivity contribution in [3.8, 4) is 5.75 Å². The first-order chi connectivity index (χ1) is 30.3. The van der Waals surface area contributed by atoms with Crippen LogP contribution in [0.5, 0.6) is 5.75 Å². The largest absolute Gasteiger partial charge is 0.491 e. The molecule has 2 aliphatic heterocycles. The van der Waals surface area contributed by atoms with E-state index in [0.717, 1.165) is 39.0 Å². The monoisotopic (exact) mass is 861 g/mol. The van der Waals surface area contributed by atoms with Crippen LogP contribution in [0.4, 0.5) is 17.6 Å². The number of nitrogen functional groups attached to an aromatic ring is 1. The Labute approximate surface area is 361 Å². The van der Waals surface area contributed by atoms with Crippen molar-refractivity contribution in [1.29, 1.82) is 0 Å². The van der Waals surface area contributed by atoms with E-state index in [2.05, 4.69) is 35.7 Å². The molecule has 2 atom stereocenters. The molecule has 1 aromatic carbocycles. The summed E-state index contributed by atoms with van der Waals surface area (Å²) in [7, 11) is 0. The zero-order chi connectivity index (χ0) is 44.5. The highest BCUT2D eigenvalue weighted by atomic mass is 16.5. The summed E-state index contributed by atoms with van der Waals surface area (Å²) in [4.78, 5) is 68.5. The first-order valence-corrected chi connectivity index (χ1v) is 21.0. The van der Waals surface area contributed by atoms with Gasteiger partial charge in [0, 0.05) is 56.6 Å². The summed E-state index contributed by atoms with van der Waals surface area (Å²) >= 11 is 0. The quantitative estimate of drug-likeness (QED) is 0.0653. The highest BCUT2D eigenvalue weighted by Crippen LogP contribution is 2.33. The molecule has 2 aliphatic rings. The number of nitrogens with two attached hydrogens (primary N) is 3. The molecule has 8 rings (SSSR count). The van der Waals surface area contributed by atoms with E-state index in [1.807, 2.05) is 26.0 Å². The van der Waals surface area contributed by atoms with E-state index in [9.17, 15) is 19.2 Å². The van der Waals surface area contributed by atoms with Gasteiger partial charge in [-0.15, -0.1) is 0 Å². The highest BCUT2D eigenvalue weighted by Gasteiger charge is 2.36. The molecule has 0 radical (unpaired) electrons. The van der Waals surface area contributed by atoms with Gasteiger partial charge in [0.15, 0.2) is 5.65 Å². The number of nitrogens with one attached hydrogen (secondary N) is 2. The van der Waals surface area contributed by atoms with Crippen molar-refractivity contribution in [2.24, 2.45) is 11.5 Å². The molecule has 2 bridgehead atoms. The number of imidazole rings is 2. The zero-order valence-electron chi connectivity index (χ0n) is 35.6. The molecular weight excluding hydrogens is 811 g/mol. The lowest BCUT2D eigenvalue weighted by Crippen LogP contribution is -2.46. The number of hydrogen-bond donors (Lipinski definition) is 5. The van der Waals surface area contributed by atoms with Crippen molar-refractivity contribution < 1.29 is 28.7 Å². The zero-order valence-corrected chi connectivity index (χ0v) is 35.6. The molecule has 2 saturated heterocycles. The Morgan fingerprint density at radius 2 is 1.49 bits per heavy atom. The summed E-state index contributed by atoms with van der Waals surface area (Å²) in [6.07, 6.45) is 7.98. The van der Waals surface area contributed by atoms with Gasteiger partial charge in [-0.3, -0.25) is 48.6 Å². The molecule has 5 aromatic heterocycles. The van der Waals surface area contributed by atoms with Gasteiger partial charge in [-0.1, -0.05) is 12.2 Å². The molecular formula is C42H51N15O6. The Morgan fingerprint density at radius 1 is 0.841 bits per heavy atom. The molecule has 2 fully saturated rings. The fourth-order valence-electron chi connectivity index (χ4n) is 8.40. The van der Waals surface area contributed by atoms with Gasteiger partial charge in [0.1, 0.15) is 28.2 Å². The van der Waals surface area contributed by atoms with Crippen LogP contribution in [0.3, 0.4) is 0 Å². The first kappa shape index (κ1) is 42.6. The van der Waals surface area contributed by atoms with Crippen molar-refractivity contribution >= 4 is 63.4 Å². The third kappa shape index (κ3) is 8.43. The second-order valence-electron chi connectivity index (χ2n) is 15.6. The van der Waals surface area contributed by atoms with Crippen molar-refractivity contribution in [3.05, 3.63) is 76.5 Å². The first-order valence-electron chi connectivity index (χ1n) is 21.0. The Balaban J connectivity index is 1.12. The molecule has 8 N–H and O–H groups in total. The molecule has 0 aliphatic carbocycles. The van der Waals surface area contributed by atoms with Crippen LogP contribution in [0.1, 0.15) is 86.2 Å². The van der Waals surface area contributed by atoms with Crippen molar-refractivity contribution in [3.63, 3.8) is 0 Å². The number of amides is 4. The second-order valence-corrected chi connectivity index (χ2v) is 15.6. The topological polar surface area (TPSA) is 276 Å². The lowest BCUT2D eigenvalue weighted by molar-refractivity contribution is -0.0160. The normalized spacial score (nSPS) is 16.4. The van der Waals surface area contributed by atoms with E-state index in [4.69, 9.17) is 31.7 Å². The average molecular weight is 862 g/mol. The number of anilines is 3. The molecule has 4 amide bonds. The number of ether oxygens (including phenoxy) is 2. The number of allylic oxidation sites excluding steroid dienone is 2. The van der Waals surface area contributed by atoms with Crippen LogP contribution < -0.4 is 32.6 Å². The van der Waals surface area contributed by atoms with Gasteiger partial charge in [0.25, 0.3) is 11.8 Å². The van der Waals surface area contributed by atoms with E-state index in [1.165, 1.54) is 16.9 Å². The average Bonchev–Trinajstić information content (AvgIpc) is 4.04. The number of nitrogens with zero attached hydrogens (tertiary/aromatic N) is 10. The minimum Gasteiger partial charge on any atom is -0.491 e. The van der Waals surface area contributed by atoms with Gasteiger partial charge in [-0.25, -0.2) is 15.0 Å². The lowest BCUT2D eigenvalue weighted by Gasteiger charge is -2.34. The summed E-state index contributed by atoms with van der Waals surface area (Å²) in [5, 5.41) is 14.6. The van der Waals surface area contributed by atoms with Crippen molar-refractivity contribution in [1.82, 2.24) is 48.5 Å². The maximum atomic E-state index is 14.0. The fraction of sp³-hybridized carbons (Fsp3) is 0.405. The molecule has 21 nitrogen and oxygen atoms in total. The number of carbonyl (C=O) groups excluding carboxylic acids is 4. The van der Waals surface area contributed by atoms with Gasteiger partial charge < -0.3 is 31.2 Å². The fourth-order valence-corrected chi connectivity index (χ4v) is 8.40. The lowest BCUT2D eigenvalue weighted by atomic mass is 10.1. The standard InChI is InChI=1S/C42H51N15O6/c1-5-56-31(16-23(3)51-56)39(60)49-42-48-30-18-26(37(45)59)20-46-38(30)55(42)13-8-7-12-54-34-29(47-41(54)50-40(61)35-33(43)24(4)52-57(35)6-2)17-25(36(44)58)19-32(34)63-15-9-14-53-27-10-11-28(53)22-62-21-27/h7-8,16-20,27-28H,5-6,9-15,21-22,43H2,1-4H3,(H2,44,58)(H2,45,59)(H,47,50,61)(H,48,49,60)/b8-7+. The van der Waals surface area contributed by atoms with E-state index >= 15 is 0 Å². The van der Waals surface area contributed by atoms with E-state index < -0.39 is 23.6 Å². The van der Waals surface area contributed by atoms with Crippen LogP contribution in [0.15, 0.2) is 42.6 Å². The number of hydrogen-bond acceptors (Lipinski definition) is 13. The molecule has 63 heavy (non-hydrogen) atoms. The van der Waals surface area contributed by atoms with Crippen LogP contribution >= 0.6 is 0 Å². The van der Waals surface area contributed by atoms with E-state index in [1.54, 1.807) is 45.9 Å². The number of aryl methyl sites for hydroxylation is 4. The Kier molecular flexibility index (Phi) is 12.0. The van der Waals surface area contributed by atoms with Crippen LogP contribution in [0, 0.1) is 13.8 Å². The molecule has 21 heteroatoms. The number of primary amides is 2. The van der Waals surface area contributed by atoms with Crippen LogP contribution in [-0.2, 0) is 30.9 Å². The third-order valence-corrected chi connectivity index (χ3v) is 11.5. The van der Waals surface area contributed by atoms with Gasteiger partial charge in [0.2, 0.25) is 23.7 Å². The number of morpholine rings is 1. The number of rotatable bonds is 17. The number of fused-ring (bicyclic) bond motifs is 4. The number of aromatic nitrogens is 9. The summed E-state index contributed by atoms with van der Waals surface area (Å²) in [5.41, 5.74) is 21.6. The Morgan fingerprint density at radius 3 is 2.19 bits per heavy atom. The number of carbonyl (C=O) groups is 4. The number of pyridine rings is 1. The number of benzene rings is 1. The smallest absolute Gasteiger partial charge is 0.278 e. The van der Waals surface area contributed by atoms with Gasteiger partial charge >= 0.3 is 0 Å². The summed E-state index contributed by atoms with van der Waals surface area (Å²) in [6.45, 7) is 11.1. The second kappa shape index (κ2) is 17.7. The van der Waals surface area contributed by atoms with Crippen LogP contribution in [0.25, 0.3) is 22.2 Å². The predicted octanol–water partition coefficient (Wildman–Crippen LogP) is 3.00. The molecule has 0 saturated carbocycles. The van der Waals surface area contributed by atoms with Crippen LogP contribution in [0.2, 0.25) is 0 Å². The molecule has 7 heterocycles. The summed E-state index contributed by atoms with van der Waals surface area (Å²) < 4.78 is 18.8. The van der Waals surface area contributed by atoms with Gasteiger partial charge in [0.05, 0.1) is 48.0 Å². The minimum absolute atomic E-state index is 0.152. The minimum atomic E-state index is -0.672. The van der Waals surface area contributed by atoms with E-state index in [0.29, 0.717) is 76.8 Å². The maximum absolute atomic E-state index is 14.0. The maximum Gasteiger partial charge on any atom is 0.278 e. The Bertz CT molecular complexity index is 2760. The van der Waals surface area contributed by atoms with Crippen molar-refractivity contribution in [2.45, 2.75) is 85.2 Å². The van der Waals surface area contributed by atoms with Gasteiger partial charge in [-0.05, 0) is 71.2 Å². The predicted molar refractivity (Wildman–Crippen MR) is 233 cm³/mol.